The van der Waals surface area contributed by atoms with Gasteiger partial charge < -0.3 is 15.4 Å². The van der Waals surface area contributed by atoms with Crippen molar-refractivity contribution in [3.8, 4) is 5.75 Å². The van der Waals surface area contributed by atoms with E-state index >= 15 is 0 Å². The molecule has 0 aromatic heterocycles. The highest BCUT2D eigenvalue weighted by Gasteiger charge is 2.17. The molecular formula is C19H21FN2O3. The van der Waals surface area contributed by atoms with Crippen LogP contribution < -0.4 is 15.4 Å². The summed E-state index contributed by atoms with van der Waals surface area (Å²) in [5.74, 6) is -1.34. The van der Waals surface area contributed by atoms with Crippen molar-refractivity contribution in [1.29, 1.82) is 0 Å². The van der Waals surface area contributed by atoms with E-state index in [1.54, 1.807) is 32.0 Å². The van der Waals surface area contributed by atoms with Crippen LogP contribution in [-0.2, 0) is 9.59 Å². The third kappa shape index (κ3) is 5.04. The monoisotopic (exact) mass is 344 g/mol. The van der Waals surface area contributed by atoms with E-state index < -0.39 is 17.6 Å². The van der Waals surface area contributed by atoms with Gasteiger partial charge in [-0.25, -0.2) is 4.39 Å². The molecule has 6 heteroatoms. The summed E-state index contributed by atoms with van der Waals surface area (Å²) in [5, 5.41) is 4.99. The van der Waals surface area contributed by atoms with Gasteiger partial charge in [0.05, 0.1) is 12.6 Å². The Morgan fingerprint density at radius 3 is 2.40 bits per heavy atom. The Labute approximate surface area is 146 Å². The van der Waals surface area contributed by atoms with Crippen molar-refractivity contribution in [3.63, 3.8) is 0 Å². The molecular weight excluding hydrogens is 323 g/mol. The maximum absolute atomic E-state index is 13.5. The number of benzene rings is 2. The first-order chi connectivity index (χ1) is 11.9. The minimum absolute atomic E-state index is 0.233. The van der Waals surface area contributed by atoms with Crippen LogP contribution in [-0.4, -0.2) is 18.4 Å². The number of amides is 2. The van der Waals surface area contributed by atoms with Gasteiger partial charge in [-0.1, -0.05) is 18.2 Å². The van der Waals surface area contributed by atoms with Gasteiger partial charge in [0.2, 0.25) is 0 Å². The molecule has 0 radical (unpaired) electrons. The highest BCUT2D eigenvalue weighted by atomic mass is 19.1. The molecule has 25 heavy (non-hydrogen) atoms. The summed E-state index contributed by atoms with van der Waals surface area (Å²) in [6.45, 7) is 5.86. The molecule has 0 fully saturated rings. The lowest BCUT2D eigenvalue weighted by molar-refractivity contribution is -0.136. The van der Waals surface area contributed by atoms with Crippen LogP contribution in [0.15, 0.2) is 42.5 Å². The number of halogens is 1. The maximum atomic E-state index is 13.5. The van der Waals surface area contributed by atoms with Crippen molar-refractivity contribution in [3.05, 3.63) is 59.4 Å². The van der Waals surface area contributed by atoms with E-state index in [-0.39, 0.29) is 11.7 Å². The minimum atomic E-state index is -0.846. The lowest BCUT2D eigenvalue weighted by atomic mass is 10.1. The van der Waals surface area contributed by atoms with Crippen molar-refractivity contribution in [2.75, 3.05) is 11.9 Å². The average molecular weight is 344 g/mol. The Bertz CT molecular complexity index is 760. The second kappa shape index (κ2) is 8.28. The first-order valence-corrected chi connectivity index (χ1v) is 8.01. The molecule has 0 spiro atoms. The van der Waals surface area contributed by atoms with Crippen LogP contribution in [0.5, 0.6) is 5.75 Å². The Balaban J connectivity index is 1.95. The number of hydrogen-bond acceptors (Lipinski definition) is 3. The number of aryl methyl sites for hydroxylation is 1. The zero-order valence-corrected chi connectivity index (χ0v) is 14.4. The molecule has 0 aliphatic heterocycles. The summed E-state index contributed by atoms with van der Waals surface area (Å²) < 4.78 is 18.8. The number of nitrogens with one attached hydrogen (secondary N) is 2. The Kier molecular flexibility index (Phi) is 6.11. The lowest BCUT2D eigenvalue weighted by Gasteiger charge is -2.15. The zero-order chi connectivity index (χ0) is 18.4. The van der Waals surface area contributed by atoms with E-state index in [1.807, 2.05) is 19.1 Å². The van der Waals surface area contributed by atoms with E-state index in [0.29, 0.717) is 12.2 Å². The number of carbonyl (C=O) groups is 2. The second-order valence-corrected chi connectivity index (χ2v) is 5.62. The van der Waals surface area contributed by atoms with E-state index in [1.165, 1.54) is 12.1 Å². The van der Waals surface area contributed by atoms with E-state index in [4.69, 9.17) is 4.74 Å². The summed E-state index contributed by atoms with van der Waals surface area (Å²) in [7, 11) is 0. The zero-order valence-electron chi connectivity index (χ0n) is 14.4. The fourth-order valence-electron chi connectivity index (χ4n) is 2.22. The Morgan fingerprint density at radius 2 is 1.80 bits per heavy atom. The number of rotatable bonds is 5. The molecule has 132 valence electrons. The van der Waals surface area contributed by atoms with Gasteiger partial charge in [-0.3, -0.25) is 9.59 Å². The van der Waals surface area contributed by atoms with Gasteiger partial charge in [-0.2, -0.15) is 0 Å². The predicted octanol–water partition coefficient (Wildman–Crippen LogP) is 3.35. The first-order valence-electron chi connectivity index (χ1n) is 8.01. The smallest absolute Gasteiger partial charge is 0.313 e. The minimum Gasteiger partial charge on any atom is -0.494 e. The van der Waals surface area contributed by atoms with E-state index in [0.717, 1.165) is 11.3 Å². The number of hydrogen-bond donors (Lipinski definition) is 2. The van der Waals surface area contributed by atoms with E-state index in [9.17, 15) is 14.0 Å². The Morgan fingerprint density at radius 1 is 1.12 bits per heavy atom. The molecule has 1 atom stereocenters. The summed E-state index contributed by atoms with van der Waals surface area (Å²) in [5.41, 5.74) is 1.54. The molecule has 0 saturated carbocycles. The summed E-state index contributed by atoms with van der Waals surface area (Å²) in [6.07, 6.45) is 0. The molecule has 2 aromatic rings. The highest BCUT2D eigenvalue weighted by molar-refractivity contribution is 6.39. The Hall–Kier alpha value is -2.89. The van der Waals surface area contributed by atoms with Gasteiger partial charge in [-0.05, 0) is 56.2 Å². The highest BCUT2D eigenvalue weighted by Crippen LogP contribution is 2.18. The summed E-state index contributed by atoms with van der Waals surface area (Å²) in [6, 6.07) is 11.1. The SMILES string of the molecule is CCOc1ccc(C(C)NC(=O)C(=O)Nc2ccc(C)c(F)c2)cc1. The molecule has 0 aliphatic carbocycles. The van der Waals surface area contributed by atoms with Crippen LogP contribution in [0.2, 0.25) is 0 Å². The molecule has 5 nitrogen and oxygen atoms in total. The van der Waals surface area contributed by atoms with Gasteiger partial charge in [0.15, 0.2) is 0 Å². The quantitative estimate of drug-likeness (QED) is 0.818. The number of anilines is 1. The predicted molar refractivity (Wildman–Crippen MR) is 93.9 cm³/mol. The van der Waals surface area contributed by atoms with Crippen LogP contribution >= 0.6 is 0 Å². The molecule has 0 bridgehead atoms. The van der Waals surface area contributed by atoms with Crippen LogP contribution in [0.1, 0.15) is 31.0 Å². The summed E-state index contributed by atoms with van der Waals surface area (Å²) in [4.78, 5) is 24.0. The van der Waals surface area contributed by atoms with Gasteiger partial charge in [0, 0.05) is 5.69 Å². The molecule has 1 unspecified atom stereocenters. The number of ether oxygens (including phenoxy) is 1. The second-order valence-electron chi connectivity index (χ2n) is 5.62. The van der Waals surface area contributed by atoms with Crippen LogP contribution in [0.3, 0.4) is 0 Å². The van der Waals surface area contributed by atoms with Gasteiger partial charge in [-0.15, -0.1) is 0 Å². The van der Waals surface area contributed by atoms with Crippen molar-refractivity contribution in [1.82, 2.24) is 5.32 Å². The lowest BCUT2D eigenvalue weighted by Crippen LogP contribution is -2.36. The van der Waals surface area contributed by atoms with Crippen molar-refractivity contribution in [2.45, 2.75) is 26.8 Å². The molecule has 0 aliphatic rings. The van der Waals surface area contributed by atoms with Gasteiger partial charge in [0.25, 0.3) is 0 Å². The molecule has 2 rings (SSSR count). The molecule has 0 saturated heterocycles. The van der Waals surface area contributed by atoms with Crippen LogP contribution in [0, 0.1) is 12.7 Å². The van der Waals surface area contributed by atoms with Gasteiger partial charge >= 0.3 is 11.8 Å². The van der Waals surface area contributed by atoms with Crippen molar-refractivity contribution in [2.24, 2.45) is 0 Å². The fraction of sp³-hybridized carbons (Fsp3) is 0.263. The van der Waals surface area contributed by atoms with Crippen LogP contribution in [0.4, 0.5) is 10.1 Å². The molecule has 2 N–H and O–H groups in total. The largest absolute Gasteiger partial charge is 0.494 e. The average Bonchev–Trinajstić information content (AvgIpc) is 2.59. The third-order valence-electron chi connectivity index (χ3n) is 3.67. The normalized spacial score (nSPS) is 11.5. The fourth-order valence-corrected chi connectivity index (χ4v) is 2.22. The van der Waals surface area contributed by atoms with Crippen molar-refractivity contribution < 1.29 is 18.7 Å². The summed E-state index contributed by atoms with van der Waals surface area (Å²) >= 11 is 0. The maximum Gasteiger partial charge on any atom is 0.313 e. The molecule has 0 heterocycles. The first kappa shape index (κ1) is 18.4. The topological polar surface area (TPSA) is 67.4 Å². The van der Waals surface area contributed by atoms with Crippen LogP contribution in [0.25, 0.3) is 0 Å². The standard InChI is InChI=1S/C19H21FN2O3/c1-4-25-16-9-6-14(7-10-16)13(3)21-18(23)19(24)22-15-8-5-12(2)17(20)11-15/h5-11,13H,4H2,1-3H3,(H,21,23)(H,22,24). The molecule has 2 aromatic carbocycles. The number of carbonyl (C=O) groups excluding carboxylic acids is 2. The van der Waals surface area contributed by atoms with Crippen molar-refractivity contribution >= 4 is 17.5 Å². The van der Waals surface area contributed by atoms with Gasteiger partial charge in [0.1, 0.15) is 11.6 Å². The third-order valence-corrected chi connectivity index (χ3v) is 3.67. The molecule has 2 amide bonds. The van der Waals surface area contributed by atoms with E-state index in [2.05, 4.69) is 10.6 Å².